The first kappa shape index (κ1) is 22.7. The van der Waals surface area contributed by atoms with Gasteiger partial charge < -0.3 is 19.0 Å². The van der Waals surface area contributed by atoms with Crippen LogP contribution in [0.1, 0.15) is 5.76 Å². The smallest absolute Gasteiger partial charge is 0.260 e. The number of hydrogen-bond acceptors (Lipinski definition) is 5. The van der Waals surface area contributed by atoms with Crippen LogP contribution in [0.25, 0.3) is 22.1 Å². The second kappa shape index (κ2) is 9.62. The van der Waals surface area contributed by atoms with Crippen LogP contribution in [0.5, 0.6) is 5.75 Å². The molecule has 0 atom stereocenters. The number of fused-ring (bicyclic) bond motifs is 1. The number of carbonyl (C=O) groups excluding carboxylic acids is 1. The number of aryl methyl sites for hydroxylation is 1. The first-order valence-electron chi connectivity index (χ1n) is 11.5. The van der Waals surface area contributed by atoms with Crippen molar-refractivity contribution in [2.45, 2.75) is 6.92 Å². The molecule has 1 amide bonds. The van der Waals surface area contributed by atoms with Crippen molar-refractivity contribution in [1.82, 2.24) is 4.90 Å². The van der Waals surface area contributed by atoms with Crippen molar-refractivity contribution in [3.63, 3.8) is 0 Å². The molecule has 0 N–H and O–H groups in total. The third-order valence-corrected chi connectivity index (χ3v) is 6.29. The van der Waals surface area contributed by atoms with Gasteiger partial charge in [-0.1, -0.05) is 42.5 Å². The van der Waals surface area contributed by atoms with E-state index in [9.17, 15) is 14.0 Å². The quantitative estimate of drug-likeness (QED) is 0.424. The summed E-state index contributed by atoms with van der Waals surface area (Å²) < 4.78 is 25.7. The van der Waals surface area contributed by atoms with Gasteiger partial charge in [0.15, 0.2) is 6.61 Å². The molecule has 4 aromatic rings. The summed E-state index contributed by atoms with van der Waals surface area (Å²) in [5.41, 5.74) is 2.21. The van der Waals surface area contributed by atoms with E-state index in [1.165, 1.54) is 6.07 Å². The van der Waals surface area contributed by atoms with Gasteiger partial charge in [-0.2, -0.15) is 0 Å². The predicted octanol–water partition coefficient (Wildman–Crippen LogP) is 4.64. The zero-order chi connectivity index (χ0) is 24.4. The Labute approximate surface area is 202 Å². The molecule has 178 valence electrons. The average molecular weight is 473 g/mol. The minimum absolute atomic E-state index is 0.106. The van der Waals surface area contributed by atoms with Gasteiger partial charge in [0.2, 0.25) is 5.43 Å². The summed E-state index contributed by atoms with van der Waals surface area (Å²) >= 11 is 0. The molecule has 35 heavy (non-hydrogen) atoms. The Morgan fingerprint density at radius 3 is 2.43 bits per heavy atom. The number of para-hydroxylation sites is 1. The van der Waals surface area contributed by atoms with Gasteiger partial charge in [-0.3, -0.25) is 9.59 Å². The molecule has 0 bridgehead atoms. The van der Waals surface area contributed by atoms with Crippen molar-refractivity contribution in [3.8, 4) is 16.9 Å². The Morgan fingerprint density at radius 2 is 1.69 bits per heavy atom. The highest BCUT2D eigenvalue weighted by Gasteiger charge is 2.23. The number of hydrogen-bond donors (Lipinski definition) is 0. The van der Waals surface area contributed by atoms with Gasteiger partial charge in [0.1, 0.15) is 22.9 Å². The molecule has 1 aliphatic rings. The monoisotopic (exact) mass is 472 g/mol. The maximum absolute atomic E-state index is 14.0. The van der Waals surface area contributed by atoms with Crippen molar-refractivity contribution in [3.05, 3.63) is 94.6 Å². The van der Waals surface area contributed by atoms with Crippen molar-refractivity contribution in [1.29, 1.82) is 0 Å². The molecule has 3 aromatic carbocycles. The Balaban J connectivity index is 1.24. The van der Waals surface area contributed by atoms with Crippen molar-refractivity contribution in [2.75, 3.05) is 37.7 Å². The molecule has 1 aliphatic heterocycles. The highest BCUT2D eigenvalue weighted by atomic mass is 19.1. The Hall–Kier alpha value is -4.13. The maximum Gasteiger partial charge on any atom is 0.260 e. The van der Waals surface area contributed by atoms with E-state index >= 15 is 0 Å². The lowest BCUT2D eigenvalue weighted by Crippen LogP contribution is -2.50. The van der Waals surface area contributed by atoms with E-state index in [0.29, 0.717) is 59.9 Å². The summed E-state index contributed by atoms with van der Waals surface area (Å²) in [6.07, 6.45) is 0. The molecule has 0 saturated carbocycles. The molecule has 0 aliphatic carbocycles. The van der Waals surface area contributed by atoms with Gasteiger partial charge in [0.25, 0.3) is 5.91 Å². The molecule has 6 nitrogen and oxygen atoms in total. The number of anilines is 1. The van der Waals surface area contributed by atoms with Crippen LogP contribution >= 0.6 is 0 Å². The number of benzene rings is 3. The van der Waals surface area contributed by atoms with Crippen molar-refractivity contribution >= 4 is 22.6 Å². The summed E-state index contributed by atoms with van der Waals surface area (Å²) in [4.78, 5) is 29.4. The van der Waals surface area contributed by atoms with Gasteiger partial charge >= 0.3 is 0 Å². The van der Waals surface area contributed by atoms with Crippen LogP contribution < -0.4 is 15.1 Å². The van der Waals surface area contributed by atoms with Crippen LogP contribution in [0.4, 0.5) is 10.1 Å². The highest BCUT2D eigenvalue weighted by molar-refractivity contribution is 5.84. The summed E-state index contributed by atoms with van der Waals surface area (Å²) in [5.74, 6) is 0.570. The van der Waals surface area contributed by atoms with Crippen LogP contribution in [0, 0.1) is 12.7 Å². The molecule has 0 spiro atoms. The van der Waals surface area contributed by atoms with E-state index in [2.05, 4.69) is 0 Å². The summed E-state index contributed by atoms with van der Waals surface area (Å²) in [6, 6.07) is 21.1. The molecule has 7 heteroatoms. The second-order valence-corrected chi connectivity index (χ2v) is 8.49. The topological polar surface area (TPSA) is 63.0 Å². The fraction of sp³-hybridized carbons (Fsp3) is 0.214. The molecule has 0 unspecified atom stereocenters. The van der Waals surface area contributed by atoms with Crippen LogP contribution in [0.3, 0.4) is 0 Å². The SMILES string of the molecule is Cc1oc2cc(OCC(=O)N3CCN(c4ccccc4F)CC3)ccc2c(=O)c1-c1ccccc1. The number of amides is 1. The Morgan fingerprint density at radius 1 is 0.971 bits per heavy atom. The maximum atomic E-state index is 14.0. The minimum Gasteiger partial charge on any atom is -0.484 e. The Kier molecular flexibility index (Phi) is 6.23. The van der Waals surface area contributed by atoms with E-state index in [1.54, 1.807) is 48.2 Å². The number of piperazine rings is 1. The fourth-order valence-electron chi connectivity index (χ4n) is 4.46. The number of halogens is 1. The van der Waals surface area contributed by atoms with Gasteiger partial charge in [0.05, 0.1) is 16.6 Å². The lowest BCUT2D eigenvalue weighted by Gasteiger charge is -2.36. The number of ether oxygens (including phenoxy) is 1. The second-order valence-electron chi connectivity index (χ2n) is 8.49. The van der Waals surface area contributed by atoms with Gasteiger partial charge in [-0.05, 0) is 36.8 Å². The number of nitrogens with zero attached hydrogens (tertiary/aromatic N) is 2. The molecule has 1 fully saturated rings. The van der Waals surface area contributed by atoms with Gasteiger partial charge in [-0.25, -0.2) is 4.39 Å². The predicted molar refractivity (Wildman–Crippen MR) is 133 cm³/mol. The number of rotatable bonds is 5. The van der Waals surface area contributed by atoms with E-state index in [0.717, 1.165) is 5.56 Å². The first-order valence-corrected chi connectivity index (χ1v) is 11.5. The molecule has 1 saturated heterocycles. The van der Waals surface area contributed by atoms with E-state index < -0.39 is 0 Å². The van der Waals surface area contributed by atoms with Gasteiger partial charge in [-0.15, -0.1) is 0 Å². The molecular weight excluding hydrogens is 447 g/mol. The summed E-state index contributed by atoms with van der Waals surface area (Å²) in [7, 11) is 0. The molecule has 0 radical (unpaired) electrons. The normalized spacial score (nSPS) is 13.8. The molecule has 5 rings (SSSR count). The molecular formula is C28H25FN2O4. The average Bonchev–Trinajstić information content (AvgIpc) is 2.88. The van der Waals surface area contributed by atoms with Gasteiger partial charge in [0, 0.05) is 32.2 Å². The zero-order valence-corrected chi connectivity index (χ0v) is 19.4. The fourth-order valence-corrected chi connectivity index (χ4v) is 4.46. The highest BCUT2D eigenvalue weighted by Crippen LogP contribution is 2.26. The third kappa shape index (κ3) is 4.62. The standard InChI is InChI=1S/C28H25FN2O4/c1-19-27(20-7-3-2-4-8-20)28(33)22-12-11-21(17-25(22)35-19)34-18-26(32)31-15-13-30(14-16-31)24-10-6-5-9-23(24)29/h2-12,17H,13-16,18H2,1H3. The first-order chi connectivity index (χ1) is 17.0. The van der Waals surface area contributed by atoms with Crippen LogP contribution in [0.2, 0.25) is 0 Å². The Bertz CT molecular complexity index is 1430. The largest absolute Gasteiger partial charge is 0.484 e. The van der Waals surface area contributed by atoms with E-state index in [-0.39, 0.29) is 23.8 Å². The van der Waals surface area contributed by atoms with Crippen LogP contribution in [-0.2, 0) is 4.79 Å². The lowest BCUT2D eigenvalue weighted by molar-refractivity contribution is -0.133. The molecule has 1 aromatic heterocycles. The molecule has 2 heterocycles. The van der Waals surface area contributed by atoms with E-state index in [1.807, 2.05) is 35.2 Å². The zero-order valence-electron chi connectivity index (χ0n) is 19.4. The van der Waals surface area contributed by atoms with Crippen molar-refractivity contribution in [2.24, 2.45) is 0 Å². The van der Waals surface area contributed by atoms with Crippen LogP contribution in [0.15, 0.2) is 82.0 Å². The lowest BCUT2D eigenvalue weighted by atomic mass is 10.0. The van der Waals surface area contributed by atoms with E-state index in [4.69, 9.17) is 9.15 Å². The minimum atomic E-state index is -0.260. The van der Waals surface area contributed by atoms with Crippen LogP contribution in [-0.4, -0.2) is 43.6 Å². The third-order valence-electron chi connectivity index (χ3n) is 6.29. The van der Waals surface area contributed by atoms with Crippen molar-refractivity contribution < 1.29 is 18.3 Å². The number of carbonyl (C=O) groups is 1. The summed E-state index contributed by atoms with van der Waals surface area (Å²) in [6.45, 7) is 3.72. The summed E-state index contributed by atoms with van der Waals surface area (Å²) in [5, 5.41) is 0.456.